The maximum atomic E-state index is 5.88. The van der Waals surface area contributed by atoms with Gasteiger partial charge in [-0.15, -0.1) is 0 Å². The number of nitrogens with zero attached hydrogens (tertiary/aromatic N) is 2. The zero-order valence-electron chi connectivity index (χ0n) is 12.7. The van der Waals surface area contributed by atoms with E-state index < -0.39 is 0 Å². The Kier molecular flexibility index (Phi) is 7.87. The van der Waals surface area contributed by atoms with Gasteiger partial charge in [0.15, 0.2) is 0 Å². The van der Waals surface area contributed by atoms with Gasteiger partial charge < -0.3 is 10.6 Å². The Labute approximate surface area is 114 Å². The van der Waals surface area contributed by atoms with Crippen molar-refractivity contribution < 1.29 is 0 Å². The number of hydrogen-bond acceptors (Lipinski definition) is 3. The second-order valence-electron chi connectivity index (χ2n) is 6.09. The van der Waals surface area contributed by atoms with Gasteiger partial charge in [-0.2, -0.15) is 0 Å². The fraction of sp³-hybridized carbons (Fsp3) is 1.00. The van der Waals surface area contributed by atoms with Gasteiger partial charge in [0, 0.05) is 38.8 Å². The molecule has 0 spiro atoms. The summed E-state index contributed by atoms with van der Waals surface area (Å²) in [7, 11) is 0. The molecule has 1 unspecified atom stereocenters. The van der Waals surface area contributed by atoms with Crippen molar-refractivity contribution in [3.8, 4) is 0 Å². The highest BCUT2D eigenvalue weighted by Gasteiger charge is 2.21. The molecule has 0 radical (unpaired) electrons. The van der Waals surface area contributed by atoms with Crippen LogP contribution in [0.1, 0.15) is 46.5 Å². The highest BCUT2D eigenvalue weighted by atomic mass is 15.3. The van der Waals surface area contributed by atoms with Crippen molar-refractivity contribution in [3.05, 3.63) is 0 Å². The monoisotopic (exact) mass is 255 g/mol. The average Bonchev–Trinajstić information content (AvgIpc) is 2.36. The first kappa shape index (κ1) is 15.9. The Balaban J connectivity index is 2.19. The summed E-state index contributed by atoms with van der Waals surface area (Å²) in [5.41, 5.74) is 5.88. The second-order valence-corrected chi connectivity index (χ2v) is 6.09. The quantitative estimate of drug-likeness (QED) is 0.721. The van der Waals surface area contributed by atoms with Gasteiger partial charge in [0.2, 0.25) is 0 Å². The molecule has 0 amide bonds. The highest BCUT2D eigenvalue weighted by Crippen LogP contribution is 2.12. The van der Waals surface area contributed by atoms with Crippen molar-refractivity contribution in [2.24, 2.45) is 11.7 Å². The van der Waals surface area contributed by atoms with Crippen LogP contribution in [0, 0.1) is 5.92 Å². The first-order chi connectivity index (χ1) is 8.67. The minimum atomic E-state index is 0.618. The predicted molar refractivity (Wildman–Crippen MR) is 79.8 cm³/mol. The third-order valence-electron chi connectivity index (χ3n) is 4.07. The maximum absolute atomic E-state index is 5.88. The molecule has 0 saturated carbocycles. The van der Waals surface area contributed by atoms with Crippen molar-refractivity contribution >= 4 is 0 Å². The number of nitrogens with two attached hydrogens (primary N) is 1. The van der Waals surface area contributed by atoms with Crippen LogP contribution in [0.3, 0.4) is 0 Å². The summed E-state index contributed by atoms with van der Waals surface area (Å²) in [5.74, 6) is 0.845. The van der Waals surface area contributed by atoms with E-state index in [0.29, 0.717) is 6.04 Å². The van der Waals surface area contributed by atoms with E-state index in [0.717, 1.165) is 12.5 Å². The molecular weight excluding hydrogens is 222 g/mol. The van der Waals surface area contributed by atoms with E-state index in [9.17, 15) is 0 Å². The summed E-state index contributed by atoms with van der Waals surface area (Å²) in [6, 6.07) is 0.618. The van der Waals surface area contributed by atoms with Crippen LogP contribution in [0.5, 0.6) is 0 Å². The average molecular weight is 255 g/mol. The first-order valence-electron chi connectivity index (χ1n) is 7.83. The molecular formula is C15H33N3. The smallest absolute Gasteiger partial charge is 0.0219 e. The normalized spacial score (nSPS) is 20.5. The SMILES string of the molecule is CCCC(CN)N1CCN(CCCC(C)C)CC1. The molecule has 1 aliphatic rings. The number of piperazine rings is 1. The van der Waals surface area contributed by atoms with E-state index in [1.165, 1.54) is 58.4 Å². The van der Waals surface area contributed by atoms with Crippen molar-refractivity contribution in [1.82, 2.24) is 9.80 Å². The lowest BCUT2D eigenvalue weighted by molar-refractivity contribution is 0.0930. The van der Waals surface area contributed by atoms with Crippen LogP contribution in [-0.2, 0) is 0 Å². The third kappa shape index (κ3) is 5.68. The van der Waals surface area contributed by atoms with Gasteiger partial charge in [-0.05, 0) is 31.7 Å². The fourth-order valence-electron chi connectivity index (χ4n) is 2.86. The summed E-state index contributed by atoms with van der Waals surface area (Å²) in [4.78, 5) is 5.22. The molecule has 1 fully saturated rings. The molecule has 1 rings (SSSR count). The Morgan fingerprint density at radius 1 is 1.06 bits per heavy atom. The number of hydrogen-bond donors (Lipinski definition) is 1. The van der Waals surface area contributed by atoms with Crippen LogP contribution >= 0.6 is 0 Å². The fourth-order valence-corrected chi connectivity index (χ4v) is 2.86. The topological polar surface area (TPSA) is 32.5 Å². The van der Waals surface area contributed by atoms with E-state index >= 15 is 0 Å². The van der Waals surface area contributed by atoms with Crippen molar-refractivity contribution in [1.29, 1.82) is 0 Å². The lowest BCUT2D eigenvalue weighted by Crippen LogP contribution is -2.52. The Morgan fingerprint density at radius 2 is 1.72 bits per heavy atom. The zero-order valence-corrected chi connectivity index (χ0v) is 12.7. The molecule has 1 aliphatic heterocycles. The summed E-state index contributed by atoms with van der Waals surface area (Å²) in [6.45, 7) is 13.9. The molecule has 0 aromatic rings. The summed E-state index contributed by atoms with van der Waals surface area (Å²) in [5, 5.41) is 0. The van der Waals surface area contributed by atoms with Gasteiger partial charge in [0.05, 0.1) is 0 Å². The van der Waals surface area contributed by atoms with Crippen molar-refractivity contribution in [3.63, 3.8) is 0 Å². The van der Waals surface area contributed by atoms with Gasteiger partial charge in [-0.3, -0.25) is 4.90 Å². The molecule has 3 heteroatoms. The lowest BCUT2D eigenvalue weighted by atomic mass is 10.1. The molecule has 1 saturated heterocycles. The van der Waals surface area contributed by atoms with Crippen LogP contribution in [0.15, 0.2) is 0 Å². The maximum Gasteiger partial charge on any atom is 0.0219 e. The molecule has 1 heterocycles. The van der Waals surface area contributed by atoms with Crippen LogP contribution in [0.4, 0.5) is 0 Å². The molecule has 2 N–H and O–H groups in total. The molecule has 0 aromatic heterocycles. The lowest BCUT2D eigenvalue weighted by Gasteiger charge is -2.39. The van der Waals surface area contributed by atoms with Crippen LogP contribution in [0.2, 0.25) is 0 Å². The van der Waals surface area contributed by atoms with Gasteiger partial charge in [-0.1, -0.05) is 27.2 Å². The van der Waals surface area contributed by atoms with E-state index in [1.807, 2.05) is 0 Å². The van der Waals surface area contributed by atoms with Gasteiger partial charge in [-0.25, -0.2) is 0 Å². The minimum Gasteiger partial charge on any atom is -0.329 e. The first-order valence-corrected chi connectivity index (χ1v) is 7.83. The standard InChI is InChI=1S/C15H33N3/c1-4-6-15(13-16)18-11-9-17(10-12-18)8-5-7-14(2)3/h14-15H,4-13,16H2,1-3H3. The molecule has 18 heavy (non-hydrogen) atoms. The molecule has 1 atom stereocenters. The van der Waals surface area contributed by atoms with Gasteiger partial charge in [0.25, 0.3) is 0 Å². The van der Waals surface area contributed by atoms with E-state index in [1.54, 1.807) is 0 Å². The second kappa shape index (κ2) is 8.89. The number of rotatable bonds is 8. The third-order valence-corrected chi connectivity index (χ3v) is 4.07. The van der Waals surface area contributed by atoms with Crippen LogP contribution in [-0.4, -0.2) is 55.1 Å². The van der Waals surface area contributed by atoms with Crippen molar-refractivity contribution in [2.75, 3.05) is 39.3 Å². The van der Waals surface area contributed by atoms with E-state index in [2.05, 4.69) is 30.6 Å². The molecule has 0 bridgehead atoms. The summed E-state index contributed by atoms with van der Waals surface area (Å²) >= 11 is 0. The van der Waals surface area contributed by atoms with E-state index in [-0.39, 0.29) is 0 Å². The largest absolute Gasteiger partial charge is 0.329 e. The Bertz CT molecular complexity index is 198. The van der Waals surface area contributed by atoms with Gasteiger partial charge in [0.1, 0.15) is 0 Å². The van der Waals surface area contributed by atoms with Gasteiger partial charge >= 0.3 is 0 Å². The summed E-state index contributed by atoms with van der Waals surface area (Å²) in [6.07, 6.45) is 5.22. The van der Waals surface area contributed by atoms with Crippen molar-refractivity contribution in [2.45, 2.75) is 52.5 Å². The molecule has 108 valence electrons. The highest BCUT2D eigenvalue weighted by molar-refractivity contribution is 4.79. The van der Waals surface area contributed by atoms with Crippen LogP contribution in [0.25, 0.3) is 0 Å². The van der Waals surface area contributed by atoms with E-state index in [4.69, 9.17) is 5.73 Å². The zero-order chi connectivity index (χ0) is 13.4. The summed E-state index contributed by atoms with van der Waals surface area (Å²) < 4.78 is 0. The van der Waals surface area contributed by atoms with Crippen LogP contribution < -0.4 is 5.73 Å². The predicted octanol–water partition coefficient (Wildman–Crippen LogP) is 2.17. The molecule has 3 nitrogen and oxygen atoms in total. The molecule has 0 aromatic carbocycles. The Morgan fingerprint density at radius 3 is 2.22 bits per heavy atom. The Hall–Kier alpha value is -0.120. The minimum absolute atomic E-state index is 0.618. The molecule has 0 aliphatic carbocycles.